The Morgan fingerprint density at radius 2 is 1.89 bits per heavy atom. The predicted molar refractivity (Wildman–Crippen MR) is 102 cm³/mol. The first-order chi connectivity index (χ1) is 13.3. The highest BCUT2D eigenvalue weighted by atomic mass is 32.2. The second kappa shape index (κ2) is 6.66. The number of nitrogens with two attached hydrogens (primary N) is 1. The first-order valence-corrected chi connectivity index (χ1v) is 9.74. The molecule has 8 nitrogen and oxygen atoms in total. The van der Waals surface area contributed by atoms with Gasteiger partial charge in [0.05, 0.1) is 22.1 Å². The fraction of sp³-hybridized carbons (Fsp3) is 0.0556. The van der Waals surface area contributed by atoms with E-state index in [9.17, 15) is 12.8 Å². The highest BCUT2D eigenvalue weighted by molar-refractivity contribution is 7.89. The van der Waals surface area contributed by atoms with Gasteiger partial charge in [0.1, 0.15) is 5.82 Å². The molecule has 0 amide bonds. The number of rotatable bonds is 4. The minimum absolute atomic E-state index is 0.0336. The van der Waals surface area contributed by atoms with Gasteiger partial charge in [0.15, 0.2) is 11.6 Å². The zero-order valence-electron chi connectivity index (χ0n) is 14.7. The Morgan fingerprint density at radius 3 is 2.68 bits per heavy atom. The van der Waals surface area contributed by atoms with Gasteiger partial charge >= 0.3 is 0 Å². The Hall–Kier alpha value is -3.37. The maximum absolute atomic E-state index is 14.5. The molecule has 4 rings (SSSR count). The SMILES string of the molecule is Cc1nc2ccccc2n1-c1nc(Nc2cccc(S(N)(=O)=O)c2)ncc1F. The van der Waals surface area contributed by atoms with Crippen LogP contribution in [0, 0.1) is 12.7 Å². The maximum atomic E-state index is 14.5. The number of benzene rings is 2. The van der Waals surface area contributed by atoms with Gasteiger partial charge in [-0.3, -0.25) is 4.57 Å². The van der Waals surface area contributed by atoms with Crippen LogP contribution in [-0.4, -0.2) is 27.9 Å². The monoisotopic (exact) mass is 398 g/mol. The van der Waals surface area contributed by atoms with E-state index < -0.39 is 15.8 Å². The van der Waals surface area contributed by atoms with E-state index >= 15 is 0 Å². The molecule has 28 heavy (non-hydrogen) atoms. The summed E-state index contributed by atoms with van der Waals surface area (Å²) in [6.07, 6.45) is 1.04. The molecule has 0 radical (unpaired) electrons. The van der Waals surface area contributed by atoms with Crippen molar-refractivity contribution in [2.24, 2.45) is 5.14 Å². The summed E-state index contributed by atoms with van der Waals surface area (Å²) in [5.41, 5.74) is 1.82. The van der Waals surface area contributed by atoms with Gasteiger partial charge in [-0.25, -0.2) is 27.9 Å². The van der Waals surface area contributed by atoms with Gasteiger partial charge < -0.3 is 5.32 Å². The number of aryl methyl sites for hydroxylation is 1. The third kappa shape index (κ3) is 3.30. The van der Waals surface area contributed by atoms with E-state index in [2.05, 4.69) is 20.3 Å². The lowest BCUT2D eigenvalue weighted by atomic mass is 10.3. The average Bonchev–Trinajstić information content (AvgIpc) is 2.98. The summed E-state index contributed by atoms with van der Waals surface area (Å²) in [4.78, 5) is 12.6. The highest BCUT2D eigenvalue weighted by Gasteiger charge is 2.16. The molecule has 0 bridgehead atoms. The molecule has 0 aliphatic heterocycles. The zero-order valence-corrected chi connectivity index (χ0v) is 15.5. The summed E-state index contributed by atoms with van der Waals surface area (Å²) in [6, 6.07) is 13.2. The number of hydrogen-bond acceptors (Lipinski definition) is 6. The lowest BCUT2D eigenvalue weighted by molar-refractivity contribution is 0.598. The average molecular weight is 398 g/mol. The van der Waals surface area contributed by atoms with Crippen LogP contribution in [0.2, 0.25) is 0 Å². The standard InChI is InChI=1S/C18H15FN6O2S/c1-11-22-15-7-2-3-8-16(15)25(11)17-14(19)10-21-18(24-17)23-12-5-4-6-13(9-12)28(20,26)27/h2-10H,1H3,(H2,20,26,27)(H,21,23,24). The minimum Gasteiger partial charge on any atom is -0.324 e. The lowest BCUT2D eigenvalue weighted by Gasteiger charge is -2.10. The van der Waals surface area contributed by atoms with Gasteiger partial charge in [-0.15, -0.1) is 0 Å². The summed E-state index contributed by atoms with van der Waals surface area (Å²) < 4.78 is 39.1. The second-order valence-electron chi connectivity index (χ2n) is 6.05. The van der Waals surface area contributed by atoms with Crippen molar-refractivity contribution in [2.45, 2.75) is 11.8 Å². The zero-order chi connectivity index (χ0) is 19.9. The van der Waals surface area contributed by atoms with Crippen molar-refractivity contribution >= 4 is 32.7 Å². The highest BCUT2D eigenvalue weighted by Crippen LogP contribution is 2.23. The number of imidazole rings is 1. The third-order valence-corrected chi connectivity index (χ3v) is 5.00. The lowest BCUT2D eigenvalue weighted by Crippen LogP contribution is -2.12. The topological polar surface area (TPSA) is 116 Å². The van der Waals surface area contributed by atoms with Crippen LogP contribution in [0.5, 0.6) is 0 Å². The molecule has 0 aliphatic carbocycles. The van der Waals surface area contributed by atoms with E-state index in [0.29, 0.717) is 22.5 Å². The number of fused-ring (bicyclic) bond motifs is 1. The smallest absolute Gasteiger partial charge is 0.238 e. The van der Waals surface area contributed by atoms with Crippen molar-refractivity contribution in [3.05, 3.63) is 66.4 Å². The van der Waals surface area contributed by atoms with Crippen LogP contribution in [-0.2, 0) is 10.0 Å². The first-order valence-electron chi connectivity index (χ1n) is 8.20. The summed E-state index contributed by atoms with van der Waals surface area (Å²) >= 11 is 0. The fourth-order valence-corrected chi connectivity index (χ4v) is 3.43. The number of nitrogens with zero attached hydrogens (tertiary/aromatic N) is 4. The van der Waals surface area contributed by atoms with Crippen molar-refractivity contribution in [1.82, 2.24) is 19.5 Å². The van der Waals surface area contributed by atoms with Gasteiger partial charge in [-0.2, -0.15) is 4.98 Å². The number of hydrogen-bond donors (Lipinski definition) is 2. The Kier molecular flexibility index (Phi) is 4.28. The number of primary sulfonamides is 1. The van der Waals surface area contributed by atoms with Crippen LogP contribution < -0.4 is 10.5 Å². The van der Waals surface area contributed by atoms with Crippen LogP contribution in [0.4, 0.5) is 16.0 Å². The minimum atomic E-state index is -3.85. The molecule has 0 atom stereocenters. The molecule has 0 saturated heterocycles. The number of anilines is 2. The summed E-state index contributed by atoms with van der Waals surface area (Å²) in [5.74, 6) is 0.0857. The van der Waals surface area contributed by atoms with Gasteiger partial charge in [-0.05, 0) is 37.3 Å². The maximum Gasteiger partial charge on any atom is 0.238 e. The number of para-hydroxylation sites is 2. The molecular formula is C18H15FN6O2S. The molecule has 142 valence electrons. The molecule has 0 saturated carbocycles. The van der Waals surface area contributed by atoms with Crippen molar-refractivity contribution in [1.29, 1.82) is 0 Å². The first kappa shape index (κ1) is 18.0. The largest absolute Gasteiger partial charge is 0.324 e. The van der Waals surface area contributed by atoms with E-state index in [4.69, 9.17) is 5.14 Å². The molecule has 0 aliphatic rings. The third-order valence-electron chi connectivity index (χ3n) is 4.08. The Labute approximate surface area is 159 Å². The van der Waals surface area contributed by atoms with E-state index in [1.807, 2.05) is 24.3 Å². The van der Waals surface area contributed by atoms with Gasteiger partial charge in [-0.1, -0.05) is 18.2 Å². The molecule has 3 N–H and O–H groups in total. The number of aromatic nitrogens is 4. The van der Waals surface area contributed by atoms with Gasteiger partial charge in [0.2, 0.25) is 16.0 Å². The number of halogens is 1. The second-order valence-corrected chi connectivity index (χ2v) is 7.61. The molecule has 0 spiro atoms. The summed E-state index contributed by atoms with van der Waals surface area (Å²) in [6.45, 7) is 1.75. The fourth-order valence-electron chi connectivity index (χ4n) is 2.87. The Bertz CT molecular complexity index is 1300. The van der Waals surface area contributed by atoms with Crippen LogP contribution >= 0.6 is 0 Å². The van der Waals surface area contributed by atoms with Crippen molar-refractivity contribution < 1.29 is 12.8 Å². The van der Waals surface area contributed by atoms with E-state index in [0.717, 1.165) is 6.20 Å². The molecule has 0 fully saturated rings. The van der Waals surface area contributed by atoms with Crippen LogP contribution in [0.15, 0.2) is 59.6 Å². The van der Waals surface area contributed by atoms with E-state index in [-0.39, 0.29) is 16.7 Å². The normalized spacial score (nSPS) is 11.7. The van der Waals surface area contributed by atoms with E-state index in [1.165, 1.54) is 18.2 Å². The van der Waals surface area contributed by atoms with Crippen molar-refractivity contribution in [2.75, 3.05) is 5.32 Å². The molecule has 2 aromatic heterocycles. The Morgan fingerprint density at radius 1 is 1.11 bits per heavy atom. The molecule has 0 unspecified atom stereocenters. The number of nitrogens with one attached hydrogen (secondary N) is 1. The summed E-state index contributed by atoms with van der Waals surface area (Å²) in [7, 11) is -3.85. The quantitative estimate of drug-likeness (QED) is 0.546. The number of sulfonamides is 1. The molecule has 2 aromatic carbocycles. The molecule has 4 aromatic rings. The van der Waals surface area contributed by atoms with E-state index in [1.54, 1.807) is 17.6 Å². The van der Waals surface area contributed by atoms with Crippen molar-refractivity contribution in [3.8, 4) is 5.82 Å². The van der Waals surface area contributed by atoms with Gasteiger partial charge in [0.25, 0.3) is 0 Å². The molecule has 2 heterocycles. The van der Waals surface area contributed by atoms with Crippen LogP contribution in [0.25, 0.3) is 16.9 Å². The van der Waals surface area contributed by atoms with Crippen molar-refractivity contribution in [3.63, 3.8) is 0 Å². The molecule has 10 heteroatoms. The Balaban J connectivity index is 1.77. The van der Waals surface area contributed by atoms with Gasteiger partial charge in [0, 0.05) is 5.69 Å². The summed E-state index contributed by atoms with van der Waals surface area (Å²) in [5, 5.41) is 8.02. The van der Waals surface area contributed by atoms with Crippen LogP contribution in [0.1, 0.15) is 5.82 Å². The predicted octanol–water partition coefficient (Wildman–Crippen LogP) is 2.65. The van der Waals surface area contributed by atoms with Crippen LogP contribution in [0.3, 0.4) is 0 Å². The molecular weight excluding hydrogens is 383 g/mol.